The third-order valence-electron chi connectivity index (χ3n) is 2.89. The van der Waals surface area contributed by atoms with Crippen molar-refractivity contribution in [3.63, 3.8) is 0 Å². The summed E-state index contributed by atoms with van der Waals surface area (Å²) in [6, 6.07) is 6.17. The fourth-order valence-corrected chi connectivity index (χ4v) is 2.10. The Morgan fingerprint density at radius 1 is 1.39 bits per heavy atom. The number of rotatable bonds is 4. The largest absolute Gasteiger partial charge is 0.469 e. The van der Waals surface area contributed by atoms with Gasteiger partial charge >= 0.3 is 0 Å². The molecular weight excluding hydrogens is 255 g/mol. The standard InChI is InChI=1S/C14H14ClFO2/c1-2-14-11(5-6-18-14)13(17)7-9-3-4-10(15)8-12(9)16/h3-6,8,13,17H,2,7H2,1H3. The molecule has 0 bridgehead atoms. The van der Waals surface area contributed by atoms with Crippen LogP contribution in [0.15, 0.2) is 34.9 Å². The second-order valence-electron chi connectivity index (χ2n) is 4.11. The molecule has 0 saturated heterocycles. The van der Waals surface area contributed by atoms with Gasteiger partial charge in [-0.1, -0.05) is 24.6 Å². The molecule has 1 N–H and O–H groups in total. The third-order valence-corrected chi connectivity index (χ3v) is 3.12. The zero-order chi connectivity index (χ0) is 13.1. The summed E-state index contributed by atoms with van der Waals surface area (Å²) in [5.41, 5.74) is 1.15. The molecule has 0 aliphatic rings. The summed E-state index contributed by atoms with van der Waals surface area (Å²) in [6.07, 6.45) is 1.67. The summed E-state index contributed by atoms with van der Waals surface area (Å²) >= 11 is 5.68. The number of hydrogen-bond acceptors (Lipinski definition) is 2. The van der Waals surface area contributed by atoms with Gasteiger partial charge in [-0.2, -0.15) is 0 Å². The molecule has 1 atom stereocenters. The summed E-state index contributed by atoms with van der Waals surface area (Å²) in [6.45, 7) is 1.94. The summed E-state index contributed by atoms with van der Waals surface area (Å²) in [4.78, 5) is 0. The number of benzene rings is 1. The first-order valence-corrected chi connectivity index (χ1v) is 6.18. The highest BCUT2D eigenvalue weighted by molar-refractivity contribution is 6.30. The SMILES string of the molecule is CCc1occc1C(O)Cc1ccc(Cl)cc1F. The predicted octanol–water partition coefficient (Wildman–Crippen LogP) is 3.91. The van der Waals surface area contributed by atoms with Gasteiger partial charge in [0.05, 0.1) is 12.4 Å². The molecule has 2 rings (SSSR count). The lowest BCUT2D eigenvalue weighted by molar-refractivity contribution is 0.174. The summed E-state index contributed by atoms with van der Waals surface area (Å²) in [5.74, 6) is 0.333. The first kappa shape index (κ1) is 13.1. The highest BCUT2D eigenvalue weighted by Crippen LogP contribution is 2.25. The Kier molecular flexibility index (Phi) is 4.04. The molecule has 18 heavy (non-hydrogen) atoms. The van der Waals surface area contributed by atoms with E-state index in [0.717, 1.165) is 5.76 Å². The van der Waals surface area contributed by atoms with E-state index >= 15 is 0 Å². The lowest BCUT2D eigenvalue weighted by Gasteiger charge is -2.11. The van der Waals surface area contributed by atoms with Crippen molar-refractivity contribution in [3.05, 3.63) is 58.3 Å². The minimum absolute atomic E-state index is 0.204. The monoisotopic (exact) mass is 268 g/mol. The molecule has 0 spiro atoms. The Morgan fingerprint density at radius 2 is 2.17 bits per heavy atom. The number of aliphatic hydroxyl groups is 1. The van der Waals surface area contributed by atoms with E-state index < -0.39 is 11.9 Å². The van der Waals surface area contributed by atoms with Gasteiger partial charge in [0.2, 0.25) is 0 Å². The molecule has 2 nitrogen and oxygen atoms in total. The van der Waals surface area contributed by atoms with Crippen LogP contribution in [0, 0.1) is 5.82 Å². The molecule has 0 aliphatic heterocycles. The van der Waals surface area contributed by atoms with Gasteiger partial charge in [-0.05, 0) is 23.8 Å². The third kappa shape index (κ3) is 2.74. The van der Waals surface area contributed by atoms with Crippen molar-refractivity contribution in [2.45, 2.75) is 25.9 Å². The van der Waals surface area contributed by atoms with Crippen LogP contribution in [0.5, 0.6) is 0 Å². The molecular formula is C14H14ClFO2. The molecule has 0 saturated carbocycles. The van der Waals surface area contributed by atoms with Gasteiger partial charge in [-0.25, -0.2) is 4.39 Å². The van der Waals surface area contributed by atoms with Crippen molar-refractivity contribution in [3.8, 4) is 0 Å². The fraction of sp³-hybridized carbons (Fsp3) is 0.286. The highest BCUT2D eigenvalue weighted by atomic mass is 35.5. The van der Waals surface area contributed by atoms with Crippen LogP contribution in [0.1, 0.15) is 29.9 Å². The minimum atomic E-state index is -0.769. The number of hydrogen-bond donors (Lipinski definition) is 1. The van der Waals surface area contributed by atoms with E-state index in [1.54, 1.807) is 18.2 Å². The molecule has 1 unspecified atom stereocenters. The van der Waals surface area contributed by atoms with E-state index in [-0.39, 0.29) is 6.42 Å². The molecule has 2 aromatic rings. The van der Waals surface area contributed by atoms with E-state index in [1.807, 2.05) is 6.92 Å². The zero-order valence-corrected chi connectivity index (χ0v) is 10.7. The predicted molar refractivity (Wildman–Crippen MR) is 68.2 cm³/mol. The molecule has 0 radical (unpaired) electrons. The van der Waals surface area contributed by atoms with Crippen LogP contribution < -0.4 is 0 Å². The average Bonchev–Trinajstić information content (AvgIpc) is 2.81. The van der Waals surface area contributed by atoms with Crippen molar-refractivity contribution < 1.29 is 13.9 Å². The van der Waals surface area contributed by atoms with E-state index in [9.17, 15) is 9.50 Å². The van der Waals surface area contributed by atoms with Gasteiger partial charge in [0.25, 0.3) is 0 Å². The topological polar surface area (TPSA) is 33.4 Å². The summed E-state index contributed by atoms with van der Waals surface area (Å²) in [7, 11) is 0. The van der Waals surface area contributed by atoms with Crippen molar-refractivity contribution in [1.82, 2.24) is 0 Å². The number of aryl methyl sites for hydroxylation is 1. The van der Waals surface area contributed by atoms with Crippen LogP contribution in [0.4, 0.5) is 4.39 Å². The maximum absolute atomic E-state index is 13.6. The van der Waals surface area contributed by atoms with Gasteiger partial charge in [0.1, 0.15) is 11.6 Å². The Balaban J connectivity index is 2.18. The summed E-state index contributed by atoms with van der Waals surface area (Å²) < 4.78 is 18.9. The smallest absolute Gasteiger partial charge is 0.127 e. The first-order chi connectivity index (χ1) is 8.61. The second kappa shape index (κ2) is 5.55. The van der Waals surface area contributed by atoms with Crippen LogP contribution in [0.2, 0.25) is 5.02 Å². The van der Waals surface area contributed by atoms with Gasteiger partial charge in [0, 0.05) is 23.4 Å². The van der Waals surface area contributed by atoms with Crippen LogP contribution in [0.3, 0.4) is 0 Å². The van der Waals surface area contributed by atoms with Crippen molar-refractivity contribution in [2.75, 3.05) is 0 Å². The Labute approximate surface area is 110 Å². The highest BCUT2D eigenvalue weighted by Gasteiger charge is 2.16. The van der Waals surface area contributed by atoms with E-state index in [2.05, 4.69) is 0 Å². The van der Waals surface area contributed by atoms with E-state index in [4.69, 9.17) is 16.0 Å². The molecule has 1 heterocycles. The maximum Gasteiger partial charge on any atom is 0.127 e. The van der Waals surface area contributed by atoms with Gasteiger partial charge in [-0.15, -0.1) is 0 Å². The number of aliphatic hydroxyl groups excluding tert-OH is 1. The van der Waals surface area contributed by atoms with E-state index in [0.29, 0.717) is 22.6 Å². The van der Waals surface area contributed by atoms with Crippen LogP contribution in [-0.4, -0.2) is 5.11 Å². The molecule has 96 valence electrons. The van der Waals surface area contributed by atoms with Crippen LogP contribution in [-0.2, 0) is 12.8 Å². The Bertz CT molecular complexity index is 536. The van der Waals surface area contributed by atoms with Gasteiger partial charge in [-0.3, -0.25) is 0 Å². The Morgan fingerprint density at radius 3 is 2.83 bits per heavy atom. The lowest BCUT2D eigenvalue weighted by Crippen LogP contribution is -2.04. The van der Waals surface area contributed by atoms with Crippen molar-refractivity contribution in [2.24, 2.45) is 0 Å². The van der Waals surface area contributed by atoms with Gasteiger partial charge in [0.15, 0.2) is 0 Å². The quantitative estimate of drug-likeness (QED) is 0.912. The van der Waals surface area contributed by atoms with Crippen molar-refractivity contribution >= 4 is 11.6 Å². The Hall–Kier alpha value is -1.32. The molecule has 4 heteroatoms. The van der Waals surface area contributed by atoms with Crippen molar-refractivity contribution in [1.29, 1.82) is 0 Å². The normalized spacial score (nSPS) is 12.7. The average molecular weight is 269 g/mol. The minimum Gasteiger partial charge on any atom is -0.469 e. The molecule has 0 amide bonds. The summed E-state index contributed by atoms with van der Waals surface area (Å²) in [5, 5.41) is 10.5. The zero-order valence-electron chi connectivity index (χ0n) is 9.99. The fourth-order valence-electron chi connectivity index (χ4n) is 1.94. The second-order valence-corrected chi connectivity index (χ2v) is 4.54. The van der Waals surface area contributed by atoms with Crippen LogP contribution >= 0.6 is 11.6 Å². The van der Waals surface area contributed by atoms with Crippen LogP contribution in [0.25, 0.3) is 0 Å². The number of furan rings is 1. The molecule has 1 aromatic carbocycles. The molecule has 0 aliphatic carbocycles. The first-order valence-electron chi connectivity index (χ1n) is 5.80. The van der Waals surface area contributed by atoms with E-state index in [1.165, 1.54) is 12.3 Å². The molecule has 1 aromatic heterocycles. The van der Waals surface area contributed by atoms with Gasteiger partial charge < -0.3 is 9.52 Å². The number of halogens is 2. The molecule has 0 fully saturated rings. The maximum atomic E-state index is 13.6. The lowest BCUT2D eigenvalue weighted by atomic mass is 10.0.